The SMILES string of the molecule is CC1=NC2CCCc3ccccc3C2N1. The topological polar surface area (TPSA) is 24.4 Å². The molecule has 1 N–H and O–H groups in total. The second kappa shape index (κ2) is 3.37. The number of hydrogen-bond acceptors (Lipinski definition) is 2. The van der Waals surface area contributed by atoms with E-state index in [9.17, 15) is 0 Å². The first kappa shape index (κ1) is 8.96. The first-order valence-electron chi connectivity index (χ1n) is 5.73. The Morgan fingerprint density at radius 2 is 2.20 bits per heavy atom. The molecule has 2 unspecified atom stereocenters. The lowest BCUT2D eigenvalue weighted by atomic mass is 9.97. The maximum absolute atomic E-state index is 4.67. The highest BCUT2D eigenvalue weighted by Crippen LogP contribution is 2.33. The summed E-state index contributed by atoms with van der Waals surface area (Å²) in [7, 11) is 0. The lowest BCUT2D eigenvalue weighted by Crippen LogP contribution is -2.25. The molecule has 0 saturated carbocycles. The van der Waals surface area contributed by atoms with Crippen molar-refractivity contribution in [2.45, 2.75) is 38.3 Å². The molecule has 1 aromatic rings. The van der Waals surface area contributed by atoms with Crippen LogP contribution in [0, 0.1) is 0 Å². The van der Waals surface area contributed by atoms with Gasteiger partial charge in [0.25, 0.3) is 0 Å². The van der Waals surface area contributed by atoms with Crippen molar-refractivity contribution in [3.63, 3.8) is 0 Å². The minimum Gasteiger partial charge on any atom is -0.365 e. The highest BCUT2D eigenvalue weighted by atomic mass is 15.1. The van der Waals surface area contributed by atoms with Gasteiger partial charge in [-0.2, -0.15) is 0 Å². The van der Waals surface area contributed by atoms with Crippen LogP contribution in [0.3, 0.4) is 0 Å². The molecule has 1 aromatic carbocycles. The van der Waals surface area contributed by atoms with Crippen molar-refractivity contribution < 1.29 is 0 Å². The molecule has 2 nitrogen and oxygen atoms in total. The van der Waals surface area contributed by atoms with Crippen LogP contribution in [0.5, 0.6) is 0 Å². The quantitative estimate of drug-likeness (QED) is 0.683. The van der Waals surface area contributed by atoms with Gasteiger partial charge >= 0.3 is 0 Å². The van der Waals surface area contributed by atoms with E-state index in [4.69, 9.17) is 0 Å². The summed E-state index contributed by atoms with van der Waals surface area (Å²) in [5.41, 5.74) is 2.96. The normalized spacial score (nSPS) is 28.5. The van der Waals surface area contributed by atoms with E-state index in [-0.39, 0.29) is 0 Å². The summed E-state index contributed by atoms with van der Waals surface area (Å²) in [6.45, 7) is 2.07. The van der Waals surface area contributed by atoms with Crippen molar-refractivity contribution in [3.8, 4) is 0 Å². The van der Waals surface area contributed by atoms with Crippen molar-refractivity contribution in [1.29, 1.82) is 0 Å². The summed E-state index contributed by atoms with van der Waals surface area (Å²) in [5.74, 6) is 1.10. The lowest BCUT2D eigenvalue weighted by molar-refractivity contribution is 0.519. The Hall–Kier alpha value is -1.31. The molecule has 2 atom stereocenters. The van der Waals surface area contributed by atoms with E-state index in [0.29, 0.717) is 12.1 Å². The number of fused-ring (bicyclic) bond motifs is 3. The smallest absolute Gasteiger partial charge is 0.0941 e. The van der Waals surface area contributed by atoms with Gasteiger partial charge in [-0.15, -0.1) is 0 Å². The summed E-state index contributed by atoms with van der Waals surface area (Å²) in [4.78, 5) is 4.67. The van der Waals surface area contributed by atoms with E-state index in [2.05, 4.69) is 41.5 Å². The molecule has 2 aliphatic rings. The summed E-state index contributed by atoms with van der Waals surface area (Å²) in [6, 6.07) is 9.68. The van der Waals surface area contributed by atoms with Gasteiger partial charge in [0, 0.05) is 0 Å². The first-order valence-corrected chi connectivity index (χ1v) is 5.73. The monoisotopic (exact) mass is 200 g/mol. The van der Waals surface area contributed by atoms with E-state index >= 15 is 0 Å². The number of amidine groups is 1. The van der Waals surface area contributed by atoms with Gasteiger partial charge in [0.2, 0.25) is 0 Å². The Morgan fingerprint density at radius 3 is 3.13 bits per heavy atom. The Bertz CT molecular complexity index is 409. The fraction of sp³-hybridized carbons (Fsp3) is 0.462. The van der Waals surface area contributed by atoms with E-state index in [0.717, 1.165) is 5.84 Å². The summed E-state index contributed by atoms with van der Waals surface area (Å²) in [5, 5.41) is 3.50. The van der Waals surface area contributed by atoms with Crippen LogP contribution in [0.2, 0.25) is 0 Å². The predicted molar refractivity (Wildman–Crippen MR) is 62.2 cm³/mol. The van der Waals surface area contributed by atoms with Crippen LogP contribution >= 0.6 is 0 Å². The average Bonchev–Trinajstić information content (AvgIpc) is 2.52. The number of aryl methyl sites for hydroxylation is 1. The predicted octanol–water partition coefficient (Wildman–Crippen LogP) is 2.45. The van der Waals surface area contributed by atoms with Crippen LogP contribution in [0.15, 0.2) is 29.3 Å². The number of benzene rings is 1. The summed E-state index contributed by atoms with van der Waals surface area (Å²) in [6.07, 6.45) is 3.68. The standard InChI is InChI=1S/C13H16N2/c1-9-14-12-8-4-6-10-5-2-3-7-11(10)13(12)15-9/h2-3,5,7,12-13H,4,6,8H2,1H3,(H,14,15). The highest BCUT2D eigenvalue weighted by molar-refractivity contribution is 5.82. The Labute approximate surface area is 90.4 Å². The van der Waals surface area contributed by atoms with Crippen LogP contribution < -0.4 is 5.32 Å². The van der Waals surface area contributed by atoms with Gasteiger partial charge in [0.05, 0.1) is 17.9 Å². The van der Waals surface area contributed by atoms with Crippen LogP contribution in [-0.4, -0.2) is 11.9 Å². The molecular formula is C13H16N2. The summed E-state index contributed by atoms with van der Waals surface area (Å²) < 4.78 is 0. The van der Waals surface area contributed by atoms with Crippen molar-refractivity contribution in [3.05, 3.63) is 35.4 Å². The van der Waals surface area contributed by atoms with Gasteiger partial charge in [-0.05, 0) is 37.3 Å². The molecule has 0 amide bonds. The van der Waals surface area contributed by atoms with Gasteiger partial charge in [-0.3, -0.25) is 4.99 Å². The minimum atomic E-state index is 0.434. The molecule has 0 spiro atoms. The zero-order chi connectivity index (χ0) is 10.3. The lowest BCUT2D eigenvalue weighted by Gasteiger charge is -2.18. The van der Waals surface area contributed by atoms with Gasteiger partial charge < -0.3 is 5.32 Å². The van der Waals surface area contributed by atoms with E-state index < -0.39 is 0 Å². The number of hydrogen-bond donors (Lipinski definition) is 1. The van der Waals surface area contributed by atoms with Gasteiger partial charge in [-0.1, -0.05) is 24.3 Å². The zero-order valence-corrected chi connectivity index (χ0v) is 9.03. The molecule has 0 aromatic heterocycles. The Morgan fingerprint density at radius 1 is 1.33 bits per heavy atom. The van der Waals surface area contributed by atoms with Gasteiger partial charge in [0.1, 0.15) is 0 Å². The fourth-order valence-electron chi connectivity index (χ4n) is 2.76. The van der Waals surface area contributed by atoms with Crippen LogP contribution in [0.4, 0.5) is 0 Å². The fourth-order valence-corrected chi connectivity index (χ4v) is 2.76. The third-order valence-corrected chi connectivity index (χ3v) is 3.44. The third-order valence-electron chi connectivity index (χ3n) is 3.44. The molecule has 0 saturated heterocycles. The second-order valence-corrected chi connectivity index (χ2v) is 4.49. The molecular weight excluding hydrogens is 184 g/mol. The highest BCUT2D eigenvalue weighted by Gasteiger charge is 2.31. The molecule has 1 heterocycles. The van der Waals surface area contributed by atoms with Crippen LogP contribution in [-0.2, 0) is 6.42 Å². The molecule has 3 rings (SSSR count). The molecule has 0 fully saturated rings. The number of rotatable bonds is 0. The minimum absolute atomic E-state index is 0.434. The first-order chi connectivity index (χ1) is 7.34. The number of aliphatic imine (C=N–C) groups is 1. The van der Waals surface area contributed by atoms with Crippen LogP contribution in [0.1, 0.15) is 36.9 Å². The zero-order valence-electron chi connectivity index (χ0n) is 9.03. The summed E-state index contributed by atoms with van der Waals surface area (Å²) >= 11 is 0. The second-order valence-electron chi connectivity index (χ2n) is 4.49. The Balaban J connectivity index is 2.04. The van der Waals surface area contributed by atoms with E-state index in [1.54, 1.807) is 0 Å². The third kappa shape index (κ3) is 1.44. The maximum atomic E-state index is 4.67. The largest absolute Gasteiger partial charge is 0.365 e. The van der Waals surface area contributed by atoms with Crippen LogP contribution in [0.25, 0.3) is 0 Å². The van der Waals surface area contributed by atoms with E-state index in [1.165, 1.54) is 30.4 Å². The van der Waals surface area contributed by atoms with Gasteiger partial charge in [0.15, 0.2) is 0 Å². The molecule has 1 aliphatic carbocycles. The molecule has 2 heteroatoms. The molecule has 1 aliphatic heterocycles. The average molecular weight is 200 g/mol. The maximum Gasteiger partial charge on any atom is 0.0941 e. The van der Waals surface area contributed by atoms with Crippen molar-refractivity contribution in [2.75, 3.05) is 0 Å². The number of nitrogens with one attached hydrogen (secondary N) is 1. The molecule has 0 bridgehead atoms. The molecule has 15 heavy (non-hydrogen) atoms. The molecule has 78 valence electrons. The van der Waals surface area contributed by atoms with Crippen molar-refractivity contribution in [2.24, 2.45) is 4.99 Å². The Kier molecular flexibility index (Phi) is 2.01. The van der Waals surface area contributed by atoms with Crippen molar-refractivity contribution in [1.82, 2.24) is 5.32 Å². The van der Waals surface area contributed by atoms with Crippen molar-refractivity contribution >= 4 is 5.84 Å². The van der Waals surface area contributed by atoms with E-state index in [1.807, 2.05) is 0 Å². The number of nitrogens with zero attached hydrogens (tertiary/aromatic N) is 1. The van der Waals surface area contributed by atoms with Gasteiger partial charge in [-0.25, -0.2) is 0 Å². The molecule has 0 radical (unpaired) electrons.